The predicted octanol–water partition coefficient (Wildman–Crippen LogP) is 4.72. The Morgan fingerprint density at radius 2 is 1.86 bits per heavy atom. The molecule has 0 spiro atoms. The molecule has 224 valence electrons. The molecule has 0 radical (unpaired) electrons. The summed E-state index contributed by atoms with van der Waals surface area (Å²) < 4.78 is 69.5. The van der Waals surface area contributed by atoms with E-state index in [9.17, 15) is 26.4 Å². The summed E-state index contributed by atoms with van der Waals surface area (Å²) in [6.07, 6.45) is -0.762. The number of fused-ring (bicyclic) bond motifs is 4. The van der Waals surface area contributed by atoms with Gasteiger partial charge in [0.1, 0.15) is 11.3 Å². The van der Waals surface area contributed by atoms with Crippen LogP contribution in [0, 0.1) is 0 Å². The number of imidazole rings is 1. The van der Waals surface area contributed by atoms with E-state index in [-0.39, 0.29) is 31.0 Å². The van der Waals surface area contributed by atoms with Gasteiger partial charge in [-0.05, 0) is 55.0 Å². The number of unbranched alkanes of at least 4 members (excludes halogenated alkanes) is 2. The van der Waals surface area contributed by atoms with Crippen LogP contribution in [0.15, 0.2) is 47.4 Å². The normalized spacial score (nSPS) is 14.0. The molecule has 42 heavy (non-hydrogen) atoms. The Hall–Kier alpha value is -3.71. The molecule has 4 aromatic rings. The van der Waals surface area contributed by atoms with Crippen molar-refractivity contribution in [1.29, 1.82) is 0 Å². The molecule has 0 saturated heterocycles. The van der Waals surface area contributed by atoms with Gasteiger partial charge in [-0.15, -0.1) is 0 Å². The van der Waals surface area contributed by atoms with Crippen molar-refractivity contribution in [3.8, 4) is 0 Å². The van der Waals surface area contributed by atoms with Crippen molar-refractivity contribution in [1.82, 2.24) is 24.2 Å². The van der Waals surface area contributed by atoms with Crippen LogP contribution in [0.1, 0.15) is 49.6 Å². The molecule has 13 heteroatoms. The third-order valence-electron chi connectivity index (χ3n) is 7.57. The van der Waals surface area contributed by atoms with Crippen molar-refractivity contribution >= 4 is 43.7 Å². The lowest BCUT2D eigenvalue weighted by molar-refractivity contribution is -0.186. The monoisotopic (exact) mass is 602 g/mol. The number of amides is 1. The van der Waals surface area contributed by atoms with Gasteiger partial charge in [0.25, 0.3) is 0 Å². The van der Waals surface area contributed by atoms with E-state index in [1.54, 1.807) is 6.07 Å². The number of benzene rings is 2. The van der Waals surface area contributed by atoms with Crippen LogP contribution in [-0.4, -0.2) is 53.0 Å². The van der Waals surface area contributed by atoms with E-state index < -0.39 is 22.1 Å². The van der Waals surface area contributed by atoms with E-state index in [2.05, 4.69) is 21.2 Å². The maximum Gasteiger partial charge on any atom is 0.471 e. The lowest BCUT2D eigenvalue weighted by atomic mass is 10.00. The highest BCUT2D eigenvalue weighted by molar-refractivity contribution is 7.89. The number of aromatic nitrogens is 3. The van der Waals surface area contributed by atoms with Gasteiger partial charge in [0, 0.05) is 38.0 Å². The zero-order valence-corrected chi connectivity index (χ0v) is 24.1. The first-order valence-corrected chi connectivity index (χ1v) is 15.5. The van der Waals surface area contributed by atoms with Crippen molar-refractivity contribution in [2.24, 2.45) is 0 Å². The molecule has 5 rings (SSSR count). The van der Waals surface area contributed by atoms with Crippen LogP contribution in [-0.2, 0) is 40.7 Å². The number of halogens is 3. The maximum atomic E-state index is 13.0. The van der Waals surface area contributed by atoms with Gasteiger partial charge in [-0.2, -0.15) is 13.2 Å². The smallest absolute Gasteiger partial charge is 0.382 e. The molecule has 0 atom stereocenters. The standard InChI is InChI=1S/C29H33F3N6O3S/c1-2-3-10-24-36-25-26(22-8-4-5-9-23(22)35-27(25)33)38(24)15-7-6-14-34-42(40,41)21-12-11-19-13-16-37(18-20(19)17-21)28(39)29(30,31)32/h4-5,8-9,11-12,17,34H,2-3,6-7,10,13-16,18H2,1H3,(H2,33,35). The average molecular weight is 603 g/mol. The fourth-order valence-corrected chi connectivity index (χ4v) is 6.53. The Bertz CT molecular complexity index is 1740. The second-order valence-electron chi connectivity index (χ2n) is 10.5. The van der Waals surface area contributed by atoms with Crippen LogP contribution in [0.2, 0.25) is 0 Å². The molecule has 0 bridgehead atoms. The number of anilines is 1. The Kier molecular flexibility index (Phi) is 8.42. The fraction of sp³-hybridized carbons (Fsp3) is 0.414. The molecule has 0 unspecified atom stereocenters. The Morgan fingerprint density at radius 1 is 1.07 bits per heavy atom. The molecular weight excluding hydrogens is 569 g/mol. The minimum absolute atomic E-state index is 0.0422. The first-order valence-electron chi connectivity index (χ1n) is 14.0. The van der Waals surface area contributed by atoms with Crippen molar-refractivity contribution in [2.75, 3.05) is 18.8 Å². The topological polar surface area (TPSA) is 123 Å². The van der Waals surface area contributed by atoms with E-state index >= 15 is 0 Å². The lowest BCUT2D eigenvalue weighted by Gasteiger charge is -2.29. The number of alkyl halides is 3. The van der Waals surface area contributed by atoms with Crippen molar-refractivity contribution in [3.63, 3.8) is 0 Å². The molecular formula is C29H33F3N6O3S. The first kappa shape index (κ1) is 29.8. The van der Waals surface area contributed by atoms with Gasteiger partial charge in [-0.3, -0.25) is 4.79 Å². The maximum absolute atomic E-state index is 13.0. The second-order valence-corrected chi connectivity index (χ2v) is 12.3. The third-order valence-corrected chi connectivity index (χ3v) is 9.03. The Labute approximate surface area is 242 Å². The van der Waals surface area contributed by atoms with Crippen LogP contribution in [0.3, 0.4) is 0 Å². The number of aryl methyl sites for hydroxylation is 2. The number of nitrogens with one attached hydrogen (secondary N) is 1. The quantitative estimate of drug-likeness (QED) is 0.254. The summed E-state index contributed by atoms with van der Waals surface area (Å²) in [5, 5.41) is 0.959. The summed E-state index contributed by atoms with van der Waals surface area (Å²) in [6.45, 7) is 2.56. The minimum atomic E-state index is -4.97. The van der Waals surface area contributed by atoms with E-state index in [0.717, 1.165) is 47.1 Å². The fourth-order valence-electron chi connectivity index (χ4n) is 5.41. The number of para-hydroxylation sites is 1. The highest BCUT2D eigenvalue weighted by atomic mass is 32.2. The van der Waals surface area contributed by atoms with Crippen molar-refractivity contribution in [3.05, 3.63) is 59.4 Å². The van der Waals surface area contributed by atoms with Gasteiger partial charge in [0.05, 0.1) is 15.9 Å². The molecule has 2 aromatic heterocycles. The van der Waals surface area contributed by atoms with Gasteiger partial charge in [0.2, 0.25) is 10.0 Å². The van der Waals surface area contributed by atoms with Gasteiger partial charge in [0.15, 0.2) is 5.82 Å². The third kappa shape index (κ3) is 6.07. The van der Waals surface area contributed by atoms with Gasteiger partial charge >= 0.3 is 12.1 Å². The number of nitrogen functional groups attached to an aromatic ring is 1. The molecule has 9 nitrogen and oxygen atoms in total. The highest BCUT2D eigenvalue weighted by Gasteiger charge is 2.43. The molecule has 0 saturated carbocycles. The molecule has 3 heterocycles. The number of carbonyl (C=O) groups is 1. The summed E-state index contributed by atoms with van der Waals surface area (Å²) in [5.74, 6) is -0.622. The largest absolute Gasteiger partial charge is 0.471 e. The Balaban J connectivity index is 1.26. The number of carbonyl (C=O) groups excluding carboxylic acids is 1. The minimum Gasteiger partial charge on any atom is -0.382 e. The summed E-state index contributed by atoms with van der Waals surface area (Å²) in [7, 11) is -3.90. The zero-order valence-electron chi connectivity index (χ0n) is 23.2. The molecule has 0 aliphatic carbocycles. The molecule has 1 amide bonds. The number of rotatable bonds is 10. The molecule has 0 fully saturated rings. The highest BCUT2D eigenvalue weighted by Crippen LogP contribution is 2.30. The predicted molar refractivity (Wildman–Crippen MR) is 154 cm³/mol. The van der Waals surface area contributed by atoms with E-state index in [4.69, 9.17) is 10.7 Å². The van der Waals surface area contributed by atoms with Crippen LogP contribution in [0.25, 0.3) is 21.9 Å². The van der Waals surface area contributed by atoms with Crippen LogP contribution in [0.5, 0.6) is 0 Å². The van der Waals surface area contributed by atoms with Gasteiger partial charge in [-0.1, -0.05) is 37.6 Å². The van der Waals surface area contributed by atoms with Gasteiger partial charge in [-0.25, -0.2) is 23.1 Å². The second kappa shape index (κ2) is 11.9. The van der Waals surface area contributed by atoms with Crippen LogP contribution < -0.4 is 10.5 Å². The summed E-state index contributed by atoms with van der Waals surface area (Å²) >= 11 is 0. The zero-order chi connectivity index (χ0) is 30.1. The van der Waals surface area contributed by atoms with Crippen molar-refractivity contribution in [2.45, 2.75) is 69.6 Å². The Morgan fingerprint density at radius 3 is 2.62 bits per heavy atom. The number of nitrogens with zero attached hydrogens (tertiary/aromatic N) is 4. The van der Waals surface area contributed by atoms with Crippen molar-refractivity contribution < 1.29 is 26.4 Å². The van der Waals surface area contributed by atoms with E-state index in [0.29, 0.717) is 41.2 Å². The number of sulfonamides is 1. The van der Waals surface area contributed by atoms with Crippen LogP contribution >= 0.6 is 0 Å². The molecule has 1 aliphatic rings. The number of hydrogen-bond acceptors (Lipinski definition) is 6. The number of nitrogens with two attached hydrogens (primary N) is 1. The molecule has 2 aromatic carbocycles. The summed E-state index contributed by atoms with van der Waals surface area (Å²) in [5.41, 5.74) is 9.78. The lowest BCUT2D eigenvalue weighted by Crippen LogP contribution is -2.43. The molecule has 1 aliphatic heterocycles. The average Bonchev–Trinajstić information content (AvgIpc) is 3.33. The summed E-state index contributed by atoms with van der Waals surface area (Å²) in [6, 6.07) is 12.2. The molecule has 3 N–H and O–H groups in total. The van der Waals surface area contributed by atoms with E-state index in [1.165, 1.54) is 12.1 Å². The number of pyridine rings is 1. The SMILES string of the molecule is CCCCc1nc2c(N)nc3ccccc3c2n1CCCCNS(=O)(=O)c1ccc2c(c1)CN(C(=O)C(F)(F)F)CC2. The first-order chi connectivity index (χ1) is 20.0. The van der Waals surface area contributed by atoms with Gasteiger partial charge < -0.3 is 15.2 Å². The van der Waals surface area contributed by atoms with E-state index in [1.807, 2.05) is 24.3 Å². The number of hydrogen-bond donors (Lipinski definition) is 2. The summed E-state index contributed by atoms with van der Waals surface area (Å²) in [4.78, 5) is 21.7. The van der Waals surface area contributed by atoms with Crippen LogP contribution in [0.4, 0.5) is 19.0 Å².